The minimum atomic E-state index is 0.707. The van der Waals surface area contributed by atoms with E-state index in [2.05, 4.69) is 109 Å². The molecule has 0 amide bonds. The number of fused-ring (bicyclic) bond motifs is 12. The molecule has 0 fully saturated rings. The normalized spacial score (nSPS) is 11.9. The molecule has 12 rings (SSSR count). The number of hydrogen-bond acceptors (Lipinski definition) is 6. The molecule has 12 aromatic rings. The molecule has 4 heterocycles. The van der Waals surface area contributed by atoms with Gasteiger partial charge in [-0.25, -0.2) is 9.97 Å². The maximum atomic E-state index is 6.39. The molecular formula is C50H28N4O2. The van der Waals surface area contributed by atoms with Crippen LogP contribution in [0.2, 0.25) is 0 Å². The van der Waals surface area contributed by atoms with Crippen LogP contribution in [0.3, 0.4) is 0 Å². The number of nitrogens with zero attached hydrogens (tertiary/aromatic N) is 4. The van der Waals surface area contributed by atoms with Gasteiger partial charge in [0.25, 0.3) is 0 Å². The van der Waals surface area contributed by atoms with E-state index in [-0.39, 0.29) is 0 Å². The second kappa shape index (κ2) is 11.9. The predicted octanol–water partition coefficient (Wildman–Crippen LogP) is 13.2. The van der Waals surface area contributed by atoms with Crippen molar-refractivity contribution in [2.75, 3.05) is 0 Å². The Morgan fingerprint density at radius 2 is 0.714 bits per heavy atom. The van der Waals surface area contributed by atoms with Crippen molar-refractivity contribution in [2.45, 2.75) is 0 Å². The molecule has 0 aliphatic carbocycles. The van der Waals surface area contributed by atoms with Gasteiger partial charge in [0.2, 0.25) is 0 Å². The Morgan fingerprint density at radius 1 is 0.321 bits per heavy atom. The monoisotopic (exact) mass is 716 g/mol. The molecule has 6 heteroatoms. The zero-order chi connectivity index (χ0) is 36.7. The molecule has 6 nitrogen and oxygen atoms in total. The van der Waals surface area contributed by atoms with Crippen molar-refractivity contribution >= 4 is 76.7 Å². The molecule has 0 aliphatic rings. The summed E-state index contributed by atoms with van der Waals surface area (Å²) >= 11 is 0. The topological polar surface area (TPSA) is 77.8 Å². The zero-order valence-corrected chi connectivity index (χ0v) is 29.8. The third-order valence-electron chi connectivity index (χ3n) is 11.0. The summed E-state index contributed by atoms with van der Waals surface area (Å²) in [7, 11) is 0. The van der Waals surface area contributed by atoms with Gasteiger partial charge < -0.3 is 8.83 Å². The first kappa shape index (κ1) is 30.7. The highest BCUT2D eigenvalue weighted by molar-refractivity contribution is 6.21. The minimum absolute atomic E-state index is 0.707. The lowest BCUT2D eigenvalue weighted by Gasteiger charge is -2.12. The number of furan rings is 2. The number of para-hydroxylation sites is 4. The lowest BCUT2D eigenvalue weighted by atomic mass is 9.99. The highest BCUT2D eigenvalue weighted by atomic mass is 16.3. The smallest absolute Gasteiger partial charge is 0.143 e. The van der Waals surface area contributed by atoms with Gasteiger partial charge >= 0.3 is 0 Å². The molecule has 0 N–H and O–H groups in total. The Hall–Kier alpha value is -7.70. The van der Waals surface area contributed by atoms with Crippen molar-refractivity contribution in [3.63, 3.8) is 0 Å². The van der Waals surface area contributed by atoms with E-state index in [1.165, 1.54) is 0 Å². The Morgan fingerprint density at radius 3 is 1.20 bits per heavy atom. The molecule has 0 saturated heterocycles. The van der Waals surface area contributed by atoms with Crippen LogP contribution in [0, 0.1) is 0 Å². The van der Waals surface area contributed by atoms with Crippen molar-refractivity contribution in [1.82, 2.24) is 19.9 Å². The van der Waals surface area contributed by atoms with Gasteiger partial charge in [-0.05, 0) is 35.4 Å². The van der Waals surface area contributed by atoms with Crippen molar-refractivity contribution in [2.24, 2.45) is 0 Å². The number of benzene rings is 8. The van der Waals surface area contributed by atoms with Gasteiger partial charge in [-0.15, -0.1) is 0 Å². The fourth-order valence-electron chi connectivity index (χ4n) is 8.32. The fourth-order valence-corrected chi connectivity index (χ4v) is 8.32. The van der Waals surface area contributed by atoms with Gasteiger partial charge in [-0.1, -0.05) is 133 Å². The minimum Gasteiger partial charge on any atom is -0.455 e. The van der Waals surface area contributed by atoms with Crippen LogP contribution in [0.1, 0.15) is 0 Å². The van der Waals surface area contributed by atoms with E-state index in [9.17, 15) is 0 Å². The third-order valence-corrected chi connectivity index (χ3v) is 11.0. The Kier molecular flexibility index (Phi) is 6.53. The average molecular weight is 717 g/mol. The lowest BCUT2D eigenvalue weighted by molar-refractivity contribution is 0.669. The maximum absolute atomic E-state index is 6.39. The van der Waals surface area contributed by atoms with E-state index in [1.54, 1.807) is 0 Å². The summed E-state index contributed by atoms with van der Waals surface area (Å²) in [5, 5.41) is 6.38. The van der Waals surface area contributed by atoms with Crippen LogP contribution in [0.15, 0.2) is 179 Å². The van der Waals surface area contributed by atoms with Gasteiger partial charge in [0.15, 0.2) is 0 Å². The van der Waals surface area contributed by atoms with E-state index in [0.717, 1.165) is 110 Å². The SMILES string of the molecule is c1cc(-c2cnc3c4ccccc4c4ncc(-c5cccc(-c6cccc7c6oc6ccccc67)c5)nc4c3n2)cc(-c2cccc3c2oc2ccccc23)c1. The van der Waals surface area contributed by atoms with Crippen molar-refractivity contribution in [1.29, 1.82) is 0 Å². The summed E-state index contributed by atoms with van der Waals surface area (Å²) in [6, 6.07) is 54.0. The van der Waals surface area contributed by atoms with Gasteiger partial charge in [0, 0.05) is 54.6 Å². The number of hydrogen-bond donors (Lipinski definition) is 0. The van der Waals surface area contributed by atoms with Crippen LogP contribution >= 0.6 is 0 Å². The van der Waals surface area contributed by atoms with Crippen molar-refractivity contribution in [3.05, 3.63) is 170 Å². The van der Waals surface area contributed by atoms with E-state index in [0.29, 0.717) is 11.0 Å². The molecule has 0 unspecified atom stereocenters. The fraction of sp³-hybridized carbons (Fsp3) is 0. The third kappa shape index (κ3) is 4.63. The Bertz CT molecular complexity index is 3330. The maximum Gasteiger partial charge on any atom is 0.143 e. The van der Waals surface area contributed by atoms with Gasteiger partial charge in [-0.2, -0.15) is 0 Å². The molecule has 56 heavy (non-hydrogen) atoms. The van der Waals surface area contributed by atoms with Crippen LogP contribution in [0.5, 0.6) is 0 Å². The van der Waals surface area contributed by atoms with E-state index < -0.39 is 0 Å². The number of aromatic nitrogens is 4. The standard InChI is InChI=1S/C50H28N4O2/c1-2-18-38-37(17-1)45-47(53-41(27-51-45)31-13-7-11-29(25-31)33-19-9-21-39-35-15-3-5-23-43(35)55-49(33)39)48-46(38)52-28-42(54-48)32-14-8-12-30(26-32)34-20-10-22-40-36-16-4-6-24-44(36)56-50(34)40/h1-28H. The molecule has 0 bridgehead atoms. The molecule has 8 aromatic carbocycles. The molecule has 0 atom stereocenters. The quantitative estimate of drug-likeness (QED) is 0.169. The van der Waals surface area contributed by atoms with Crippen molar-refractivity contribution in [3.8, 4) is 44.8 Å². The second-order valence-corrected chi connectivity index (χ2v) is 14.2. The molecule has 0 saturated carbocycles. The first-order chi connectivity index (χ1) is 27.7. The van der Waals surface area contributed by atoms with Crippen LogP contribution in [-0.4, -0.2) is 19.9 Å². The van der Waals surface area contributed by atoms with Crippen LogP contribution in [-0.2, 0) is 0 Å². The van der Waals surface area contributed by atoms with Gasteiger partial charge in [0.05, 0.1) is 34.8 Å². The summed E-state index contributed by atoms with van der Waals surface area (Å²) < 4.78 is 12.8. The first-order valence-corrected chi connectivity index (χ1v) is 18.6. The van der Waals surface area contributed by atoms with Gasteiger partial charge in [-0.3, -0.25) is 9.97 Å². The summed E-state index contributed by atoms with van der Waals surface area (Å²) in [4.78, 5) is 20.7. The van der Waals surface area contributed by atoms with E-state index in [1.807, 2.05) is 60.9 Å². The average Bonchev–Trinajstić information content (AvgIpc) is 3.85. The summed E-state index contributed by atoms with van der Waals surface area (Å²) in [6.45, 7) is 0. The summed E-state index contributed by atoms with van der Waals surface area (Å²) in [5.41, 5.74) is 14.0. The molecule has 0 radical (unpaired) electrons. The van der Waals surface area contributed by atoms with Crippen molar-refractivity contribution < 1.29 is 8.83 Å². The number of rotatable bonds is 4. The molecule has 4 aromatic heterocycles. The highest BCUT2D eigenvalue weighted by Gasteiger charge is 2.18. The predicted molar refractivity (Wildman–Crippen MR) is 226 cm³/mol. The molecular weight excluding hydrogens is 689 g/mol. The molecule has 0 spiro atoms. The molecule has 0 aliphatic heterocycles. The largest absolute Gasteiger partial charge is 0.455 e. The van der Waals surface area contributed by atoms with Crippen LogP contribution in [0.25, 0.3) is 121 Å². The lowest BCUT2D eigenvalue weighted by Crippen LogP contribution is -1.96. The van der Waals surface area contributed by atoms with E-state index >= 15 is 0 Å². The first-order valence-electron chi connectivity index (χ1n) is 18.6. The van der Waals surface area contributed by atoms with E-state index in [4.69, 9.17) is 28.8 Å². The Labute approximate surface area is 319 Å². The molecule has 260 valence electrons. The second-order valence-electron chi connectivity index (χ2n) is 14.2. The highest BCUT2D eigenvalue weighted by Crippen LogP contribution is 2.40. The Balaban J connectivity index is 1.01. The zero-order valence-electron chi connectivity index (χ0n) is 29.8. The van der Waals surface area contributed by atoms with Crippen LogP contribution in [0.4, 0.5) is 0 Å². The summed E-state index contributed by atoms with van der Waals surface area (Å²) in [5.74, 6) is 0. The summed E-state index contributed by atoms with van der Waals surface area (Å²) in [6.07, 6.45) is 3.72. The van der Waals surface area contributed by atoms with Crippen LogP contribution < -0.4 is 0 Å². The van der Waals surface area contributed by atoms with Gasteiger partial charge in [0.1, 0.15) is 33.4 Å².